The zero-order valence-corrected chi connectivity index (χ0v) is 13.5. The topological polar surface area (TPSA) is 24.9 Å². The molecule has 0 aliphatic carbocycles. The van der Waals surface area contributed by atoms with E-state index in [0.29, 0.717) is 0 Å². The summed E-state index contributed by atoms with van der Waals surface area (Å²) in [5.74, 6) is 0. The van der Waals surface area contributed by atoms with E-state index < -0.39 is 0 Å². The Labute approximate surface area is 138 Å². The van der Waals surface area contributed by atoms with E-state index in [1.54, 1.807) is 11.3 Å². The van der Waals surface area contributed by atoms with Gasteiger partial charge in [0.15, 0.2) is 0 Å². The minimum atomic E-state index is 0.911. The van der Waals surface area contributed by atoms with Crippen molar-refractivity contribution in [2.24, 2.45) is 0 Å². The van der Waals surface area contributed by atoms with Crippen molar-refractivity contribution in [1.82, 2.24) is 10.3 Å². The van der Waals surface area contributed by atoms with Crippen molar-refractivity contribution in [3.63, 3.8) is 0 Å². The minimum absolute atomic E-state index is 0.911. The maximum Gasteiger partial charge on any atom is 0.0857 e. The summed E-state index contributed by atoms with van der Waals surface area (Å²) in [5.41, 5.74) is 5.13. The van der Waals surface area contributed by atoms with Crippen molar-refractivity contribution in [3.05, 3.63) is 65.0 Å². The largest absolute Gasteiger partial charge is 0.312 e. The van der Waals surface area contributed by atoms with Crippen molar-refractivity contribution in [2.45, 2.75) is 13.0 Å². The SMILES string of the molecule is c1csc(-c2nc3ccc4ccccc4c3c3c2CNCC3)c1. The monoisotopic (exact) mass is 316 g/mol. The Morgan fingerprint density at radius 2 is 1.91 bits per heavy atom. The molecule has 0 atom stereocenters. The van der Waals surface area contributed by atoms with Gasteiger partial charge >= 0.3 is 0 Å². The average molecular weight is 316 g/mol. The first-order valence-corrected chi connectivity index (χ1v) is 8.87. The number of rotatable bonds is 1. The van der Waals surface area contributed by atoms with Gasteiger partial charge in [0, 0.05) is 11.9 Å². The summed E-state index contributed by atoms with van der Waals surface area (Å²) in [5, 5.41) is 9.62. The van der Waals surface area contributed by atoms with Crippen LogP contribution in [0, 0.1) is 0 Å². The summed E-state index contributed by atoms with van der Waals surface area (Å²) in [6.45, 7) is 1.95. The van der Waals surface area contributed by atoms with Crippen molar-refractivity contribution < 1.29 is 0 Å². The molecule has 4 aromatic rings. The summed E-state index contributed by atoms with van der Waals surface area (Å²) in [6.07, 6.45) is 1.07. The summed E-state index contributed by atoms with van der Waals surface area (Å²) in [6, 6.07) is 17.3. The van der Waals surface area contributed by atoms with Crippen LogP contribution in [-0.4, -0.2) is 11.5 Å². The number of aromatic nitrogens is 1. The van der Waals surface area contributed by atoms with Crippen LogP contribution in [0.4, 0.5) is 0 Å². The molecule has 112 valence electrons. The molecular formula is C20H16N2S. The first kappa shape index (κ1) is 13.2. The Morgan fingerprint density at radius 3 is 2.83 bits per heavy atom. The van der Waals surface area contributed by atoms with E-state index in [1.807, 2.05) is 0 Å². The number of pyridine rings is 1. The number of fused-ring (bicyclic) bond motifs is 5. The van der Waals surface area contributed by atoms with Gasteiger partial charge < -0.3 is 5.32 Å². The molecule has 0 radical (unpaired) electrons. The zero-order chi connectivity index (χ0) is 15.2. The van der Waals surface area contributed by atoms with Crippen LogP contribution in [0.2, 0.25) is 0 Å². The van der Waals surface area contributed by atoms with Gasteiger partial charge in [-0.25, -0.2) is 4.98 Å². The van der Waals surface area contributed by atoms with Gasteiger partial charge in [-0.2, -0.15) is 0 Å². The maximum atomic E-state index is 5.05. The van der Waals surface area contributed by atoms with Crippen LogP contribution in [0.3, 0.4) is 0 Å². The fourth-order valence-electron chi connectivity index (χ4n) is 3.66. The third-order valence-electron chi connectivity index (χ3n) is 4.70. The number of hydrogen-bond acceptors (Lipinski definition) is 3. The van der Waals surface area contributed by atoms with Crippen molar-refractivity contribution in [3.8, 4) is 10.6 Å². The van der Waals surface area contributed by atoms with Gasteiger partial charge in [-0.15, -0.1) is 11.3 Å². The predicted molar refractivity (Wildman–Crippen MR) is 98.0 cm³/mol. The molecule has 2 aromatic heterocycles. The van der Waals surface area contributed by atoms with E-state index in [9.17, 15) is 0 Å². The average Bonchev–Trinajstić information content (AvgIpc) is 3.15. The Kier molecular flexibility index (Phi) is 2.96. The highest BCUT2D eigenvalue weighted by atomic mass is 32.1. The summed E-state index contributed by atoms with van der Waals surface area (Å²) < 4.78 is 0. The first-order valence-electron chi connectivity index (χ1n) is 7.99. The van der Waals surface area contributed by atoms with Gasteiger partial charge in [-0.3, -0.25) is 0 Å². The quantitative estimate of drug-likeness (QED) is 0.512. The maximum absolute atomic E-state index is 5.05. The second-order valence-electron chi connectivity index (χ2n) is 6.00. The molecule has 0 saturated carbocycles. The standard InChI is InChI=1S/C20H16N2S/c1-2-5-14-13(4-1)7-8-17-19(14)15-9-10-21-12-16(15)20(22-17)18-6-3-11-23-18/h1-8,11,21H,9-10,12H2. The molecular weight excluding hydrogens is 300 g/mol. The third kappa shape index (κ3) is 2.01. The molecule has 0 fully saturated rings. The van der Waals surface area contributed by atoms with Crippen LogP contribution >= 0.6 is 11.3 Å². The molecule has 2 nitrogen and oxygen atoms in total. The number of benzene rings is 2. The fourth-order valence-corrected chi connectivity index (χ4v) is 4.40. The Balaban J connectivity index is 1.95. The van der Waals surface area contributed by atoms with Crippen molar-refractivity contribution in [2.75, 3.05) is 6.54 Å². The van der Waals surface area contributed by atoms with Crippen LogP contribution in [0.1, 0.15) is 11.1 Å². The van der Waals surface area contributed by atoms with E-state index >= 15 is 0 Å². The lowest BCUT2D eigenvalue weighted by atomic mass is 9.91. The van der Waals surface area contributed by atoms with E-state index in [0.717, 1.165) is 30.7 Å². The Bertz CT molecular complexity index is 1020. The lowest BCUT2D eigenvalue weighted by molar-refractivity contribution is 0.647. The van der Waals surface area contributed by atoms with Crippen molar-refractivity contribution >= 4 is 33.0 Å². The summed E-state index contributed by atoms with van der Waals surface area (Å²) >= 11 is 1.77. The van der Waals surface area contributed by atoms with Gasteiger partial charge in [-0.1, -0.05) is 36.4 Å². The van der Waals surface area contributed by atoms with E-state index in [-0.39, 0.29) is 0 Å². The number of thiophene rings is 1. The van der Waals surface area contributed by atoms with Gasteiger partial charge in [0.05, 0.1) is 16.1 Å². The lowest BCUT2D eigenvalue weighted by Crippen LogP contribution is -2.25. The molecule has 0 spiro atoms. The second-order valence-corrected chi connectivity index (χ2v) is 6.95. The molecule has 0 amide bonds. The van der Waals surface area contributed by atoms with Gasteiger partial charge in [0.25, 0.3) is 0 Å². The third-order valence-corrected chi connectivity index (χ3v) is 5.58. The highest BCUT2D eigenvalue weighted by Gasteiger charge is 2.20. The summed E-state index contributed by atoms with van der Waals surface area (Å²) in [7, 11) is 0. The van der Waals surface area contributed by atoms with Crippen LogP contribution < -0.4 is 5.32 Å². The Hall–Kier alpha value is -2.23. The summed E-state index contributed by atoms with van der Waals surface area (Å²) in [4.78, 5) is 6.32. The molecule has 1 aliphatic heterocycles. The van der Waals surface area contributed by atoms with Gasteiger partial charge in [0.1, 0.15) is 0 Å². The first-order chi connectivity index (χ1) is 11.4. The zero-order valence-electron chi connectivity index (χ0n) is 12.7. The van der Waals surface area contributed by atoms with Gasteiger partial charge in [0.2, 0.25) is 0 Å². The van der Waals surface area contributed by atoms with Crippen LogP contribution in [0.5, 0.6) is 0 Å². The molecule has 3 heteroatoms. The fraction of sp³-hybridized carbons (Fsp3) is 0.150. The molecule has 0 unspecified atom stereocenters. The highest BCUT2D eigenvalue weighted by molar-refractivity contribution is 7.13. The van der Waals surface area contributed by atoms with E-state index in [2.05, 4.69) is 59.2 Å². The second kappa shape index (κ2) is 5.15. The molecule has 23 heavy (non-hydrogen) atoms. The van der Waals surface area contributed by atoms with Crippen molar-refractivity contribution in [1.29, 1.82) is 0 Å². The minimum Gasteiger partial charge on any atom is -0.312 e. The van der Waals surface area contributed by atoms with Crippen LogP contribution in [0.15, 0.2) is 53.9 Å². The van der Waals surface area contributed by atoms with Gasteiger partial charge in [-0.05, 0) is 52.4 Å². The molecule has 2 aromatic carbocycles. The number of hydrogen-bond donors (Lipinski definition) is 1. The smallest absolute Gasteiger partial charge is 0.0857 e. The Morgan fingerprint density at radius 1 is 0.957 bits per heavy atom. The molecule has 3 heterocycles. The molecule has 1 aliphatic rings. The molecule has 1 N–H and O–H groups in total. The van der Waals surface area contributed by atoms with Crippen LogP contribution in [-0.2, 0) is 13.0 Å². The normalized spacial score (nSPS) is 14.3. The molecule has 0 bridgehead atoms. The van der Waals surface area contributed by atoms with E-state index in [1.165, 1.54) is 32.2 Å². The highest BCUT2D eigenvalue weighted by Crippen LogP contribution is 2.36. The molecule has 0 saturated heterocycles. The van der Waals surface area contributed by atoms with E-state index in [4.69, 9.17) is 4.98 Å². The van der Waals surface area contributed by atoms with Crippen LogP contribution in [0.25, 0.3) is 32.2 Å². The number of nitrogens with one attached hydrogen (secondary N) is 1. The number of nitrogens with zero attached hydrogens (tertiary/aromatic N) is 1. The predicted octanol–water partition coefficient (Wildman–Crippen LogP) is 4.76. The lowest BCUT2D eigenvalue weighted by Gasteiger charge is -2.22. The molecule has 5 rings (SSSR count).